The Morgan fingerprint density at radius 3 is 2.61 bits per heavy atom. The van der Waals surface area contributed by atoms with E-state index in [9.17, 15) is 9.59 Å². The van der Waals surface area contributed by atoms with E-state index in [-0.39, 0.29) is 18.2 Å². The van der Waals surface area contributed by atoms with Crippen LogP contribution >= 0.6 is 11.6 Å². The van der Waals surface area contributed by atoms with Crippen LogP contribution in [0.2, 0.25) is 0 Å². The van der Waals surface area contributed by atoms with Gasteiger partial charge in [-0.1, -0.05) is 31.4 Å². The summed E-state index contributed by atoms with van der Waals surface area (Å²) in [7, 11) is 0. The van der Waals surface area contributed by atoms with Gasteiger partial charge in [-0.2, -0.15) is 0 Å². The fourth-order valence-corrected chi connectivity index (χ4v) is 2.64. The molecular weight excluding hydrogens is 330 g/mol. The second-order valence-corrected chi connectivity index (χ2v) is 5.65. The van der Waals surface area contributed by atoms with Gasteiger partial charge in [-0.05, 0) is 6.42 Å². The number of alkyl halides is 1. The second-order valence-electron chi connectivity index (χ2n) is 5.24. The summed E-state index contributed by atoms with van der Waals surface area (Å²) in [5.41, 5.74) is -1.98. The Hall–Kier alpha value is -1.59. The van der Waals surface area contributed by atoms with Gasteiger partial charge >= 0.3 is 11.8 Å². The van der Waals surface area contributed by atoms with Gasteiger partial charge in [-0.15, -0.1) is 0 Å². The Morgan fingerprint density at radius 1 is 1.30 bits per heavy atom. The zero-order chi connectivity index (χ0) is 17.2. The lowest BCUT2D eigenvalue weighted by molar-refractivity contribution is -0.331. The van der Waals surface area contributed by atoms with Crippen molar-refractivity contribution in [3.63, 3.8) is 0 Å². The largest absolute Gasteiger partial charge is 0.345 e. The topological polar surface area (TPSA) is 143 Å². The van der Waals surface area contributed by atoms with Gasteiger partial charge < -0.3 is 25.5 Å². The van der Waals surface area contributed by atoms with Gasteiger partial charge in [0.25, 0.3) is 5.56 Å². The summed E-state index contributed by atoms with van der Waals surface area (Å²) < 4.78 is 1.36. The molecule has 10 nitrogen and oxygen atoms in total. The smallest absolute Gasteiger partial charge is 0.344 e. The molecule has 0 aromatic carbocycles. The summed E-state index contributed by atoms with van der Waals surface area (Å²) in [5, 5.41) is 31.5. The minimum Gasteiger partial charge on any atom is -0.345 e. The minimum atomic E-state index is -3.10. The van der Waals surface area contributed by atoms with Crippen molar-refractivity contribution in [2.45, 2.75) is 44.5 Å². The molecule has 1 aromatic heterocycles. The van der Waals surface area contributed by atoms with Gasteiger partial charge in [0.15, 0.2) is 5.62 Å². The molecule has 1 atom stereocenters. The van der Waals surface area contributed by atoms with Crippen molar-refractivity contribution < 1.29 is 15.3 Å². The maximum atomic E-state index is 12.1. The fraction of sp³-hybridized carbons (Fsp3) is 0.667. The molecular formula is C12H20ClN5O5. The normalized spacial score (nSPS) is 17.3. The van der Waals surface area contributed by atoms with E-state index in [2.05, 4.69) is 10.3 Å². The summed E-state index contributed by atoms with van der Waals surface area (Å²) in [5.74, 6) is 0.228. The number of aromatic amines is 1. The van der Waals surface area contributed by atoms with Gasteiger partial charge in [-0.25, -0.2) is 10.1 Å². The zero-order valence-corrected chi connectivity index (χ0v) is 13.3. The van der Waals surface area contributed by atoms with E-state index in [1.807, 2.05) is 12.2 Å². The van der Waals surface area contributed by atoms with Crippen molar-refractivity contribution >= 4 is 23.1 Å². The second kappa shape index (κ2) is 6.89. The number of fused-ring (bicyclic) bond motifs is 1. The average Bonchev–Trinajstić information content (AvgIpc) is 2.77. The fourth-order valence-electron chi connectivity index (χ4n) is 2.37. The van der Waals surface area contributed by atoms with Crippen LogP contribution in [0.5, 0.6) is 0 Å². The molecule has 1 aliphatic rings. The summed E-state index contributed by atoms with van der Waals surface area (Å²) in [6, 6.07) is 0. The van der Waals surface area contributed by atoms with Crippen LogP contribution in [-0.2, 0) is 6.54 Å². The maximum Gasteiger partial charge on any atom is 0.344 e. The van der Waals surface area contributed by atoms with E-state index in [0.717, 1.165) is 19.3 Å². The first-order valence-electron chi connectivity index (χ1n) is 7.21. The van der Waals surface area contributed by atoms with Gasteiger partial charge in [0.2, 0.25) is 0 Å². The van der Waals surface area contributed by atoms with Crippen LogP contribution in [0.15, 0.2) is 9.59 Å². The van der Waals surface area contributed by atoms with E-state index >= 15 is 0 Å². The van der Waals surface area contributed by atoms with E-state index < -0.39 is 23.0 Å². The highest BCUT2D eigenvalue weighted by Gasteiger charge is 2.34. The Kier molecular flexibility index (Phi) is 5.32. The molecule has 1 unspecified atom stereocenters. The SMILES string of the molecule is CCCCCn1c2c(c(=O)[nH]c1=O)NC(Cl)N2CNC(O)(O)O. The summed E-state index contributed by atoms with van der Waals surface area (Å²) in [4.78, 5) is 27.6. The quantitative estimate of drug-likeness (QED) is 0.153. The van der Waals surface area contributed by atoms with Crippen molar-refractivity contribution in [3.05, 3.63) is 20.8 Å². The number of rotatable bonds is 7. The number of nitrogens with zero attached hydrogens (tertiary/aromatic N) is 2. The molecule has 0 spiro atoms. The maximum absolute atomic E-state index is 12.1. The highest BCUT2D eigenvalue weighted by molar-refractivity contribution is 6.24. The predicted octanol–water partition coefficient (Wildman–Crippen LogP) is -1.38. The van der Waals surface area contributed by atoms with Crippen molar-refractivity contribution in [1.29, 1.82) is 0 Å². The first kappa shape index (κ1) is 17.8. The van der Waals surface area contributed by atoms with Crippen molar-refractivity contribution in [2.75, 3.05) is 16.9 Å². The van der Waals surface area contributed by atoms with E-state index in [4.69, 9.17) is 26.9 Å². The van der Waals surface area contributed by atoms with Crippen LogP contribution in [0.3, 0.4) is 0 Å². The lowest BCUT2D eigenvalue weighted by atomic mass is 10.2. The summed E-state index contributed by atoms with van der Waals surface area (Å²) in [6.07, 6.45) is -0.506. The van der Waals surface area contributed by atoms with Crippen LogP contribution in [0, 0.1) is 0 Å². The summed E-state index contributed by atoms with van der Waals surface area (Å²) >= 11 is 6.09. The molecule has 2 rings (SSSR count). The van der Waals surface area contributed by atoms with Crippen LogP contribution in [0.4, 0.5) is 11.5 Å². The molecule has 1 aliphatic heterocycles. The number of aliphatic hydroxyl groups is 3. The molecule has 0 bridgehead atoms. The van der Waals surface area contributed by atoms with Crippen molar-refractivity contribution in [2.24, 2.45) is 0 Å². The first-order chi connectivity index (χ1) is 10.7. The van der Waals surface area contributed by atoms with Crippen molar-refractivity contribution in [1.82, 2.24) is 14.9 Å². The molecule has 0 aliphatic carbocycles. The Balaban J connectivity index is 2.38. The van der Waals surface area contributed by atoms with Gasteiger partial charge in [0.1, 0.15) is 11.5 Å². The molecule has 2 heterocycles. The number of anilines is 2. The van der Waals surface area contributed by atoms with Crippen LogP contribution in [0.25, 0.3) is 0 Å². The number of unbranched alkanes of at least 4 members (excludes halogenated alkanes) is 2. The Labute approximate surface area is 136 Å². The van der Waals surface area contributed by atoms with Gasteiger partial charge in [0, 0.05) is 6.54 Å². The van der Waals surface area contributed by atoms with Crippen LogP contribution in [0.1, 0.15) is 26.2 Å². The molecule has 6 N–H and O–H groups in total. The highest BCUT2D eigenvalue weighted by Crippen LogP contribution is 2.31. The lowest BCUT2D eigenvalue weighted by Gasteiger charge is -2.26. The molecule has 0 saturated heterocycles. The number of hydrogen-bond donors (Lipinski definition) is 6. The number of hydrogen-bond acceptors (Lipinski definition) is 8. The highest BCUT2D eigenvalue weighted by atomic mass is 35.5. The Morgan fingerprint density at radius 2 is 2.00 bits per heavy atom. The average molecular weight is 350 g/mol. The monoisotopic (exact) mass is 349 g/mol. The predicted molar refractivity (Wildman–Crippen MR) is 84.0 cm³/mol. The van der Waals surface area contributed by atoms with Gasteiger partial charge in [-0.3, -0.25) is 14.3 Å². The minimum absolute atomic E-state index is 0.113. The molecule has 11 heteroatoms. The third kappa shape index (κ3) is 4.03. The number of nitrogens with one attached hydrogen (secondary N) is 3. The molecule has 130 valence electrons. The van der Waals surface area contributed by atoms with Gasteiger partial charge in [0.05, 0.1) is 6.67 Å². The number of H-pyrrole nitrogens is 1. The molecule has 0 amide bonds. The molecule has 23 heavy (non-hydrogen) atoms. The molecule has 1 aromatic rings. The first-order valence-corrected chi connectivity index (χ1v) is 7.64. The van der Waals surface area contributed by atoms with Crippen LogP contribution in [-0.4, -0.2) is 43.3 Å². The van der Waals surface area contributed by atoms with E-state index in [1.54, 1.807) is 0 Å². The third-order valence-electron chi connectivity index (χ3n) is 3.45. The van der Waals surface area contributed by atoms with E-state index in [1.165, 1.54) is 9.47 Å². The standard InChI is InChI=1S/C12H20ClN5O5/c1-2-3-4-5-17-9-7(8(19)16-11(17)20)15-10(13)18(9)6-14-12(21,22)23/h10,14-15,21-23H,2-6H2,1H3,(H,16,19,20). The van der Waals surface area contributed by atoms with Crippen molar-refractivity contribution in [3.8, 4) is 0 Å². The third-order valence-corrected chi connectivity index (χ3v) is 3.80. The lowest BCUT2D eigenvalue weighted by Crippen LogP contribution is -2.52. The molecule has 0 saturated carbocycles. The van der Waals surface area contributed by atoms with Crippen LogP contribution < -0.4 is 26.8 Å². The molecule has 0 fully saturated rings. The van der Waals surface area contributed by atoms with E-state index in [0.29, 0.717) is 6.54 Å². The zero-order valence-electron chi connectivity index (χ0n) is 12.5. The molecule has 0 radical (unpaired) electrons. The summed E-state index contributed by atoms with van der Waals surface area (Å²) in [6.45, 7) is 2.08. The Bertz CT molecular complexity index is 667. The number of aromatic nitrogens is 2. The number of halogens is 1.